The molecule has 0 unspecified atom stereocenters. The summed E-state index contributed by atoms with van der Waals surface area (Å²) in [4.78, 5) is 0. The predicted octanol–water partition coefficient (Wildman–Crippen LogP) is 6.56. The molecule has 1 N–H and O–H groups in total. The Kier molecular flexibility index (Phi) is 7.79. The number of aryl methyl sites for hydroxylation is 1. The summed E-state index contributed by atoms with van der Waals surface area (Å²) >= 11 is 0. The molecule has 0 aliphatic rings. The third kappa shape index (κ3) is 5.93. The van der Waals surface area contributed by atoms with E-state index in [0.29, 0.717) is 11.1 Å². The standard InChI is InChI=1S/C22H26FN/c1-7-9-10-11-20-14-21(13-12-17(20)5)24-18(6)19(8-2)15-22(23)16(3)4/h2,10-15,24H,3,7,9H2,1,4-6H3/b11-10-,19-18+,22-15+. The number of terminal acetylenes is 1. The number of unbranched alkanes of at least 4 members (excludes halogenated alkanes) is 1. The molecule has 0 atom stereocenters. The lowest BCUT2D eigenvalue weighted by Gasteiger charge is -2.11. The average molecular weight is 323 g/mol. The number of hydrogen-bond donors (Lipinski definition) is 1. The molecule has 0 saturated heterocycles. The lowest BCUT2D eigenvalue weighted by Crippen LogP contribution is -1.99. The molecule has 0 aliphatic heterocycles. The van der Waals surface area contributed by atoms with Gasteiger partial charge in [-0.3, -0.25) is 0 Å². The Balaban J connectivity index is 3.09. The van der Waals surface area contributed by atoms with Gasteiger partial charge in [0.2, 0.25) is 0 Å². The highest BCUT2D eigenvalue weighted by atomic mass is 19.1. The summed E-state index contributed by atoms with van der Waals surface area (Å²) in [6, 6.07) is 6.11. The summed E-state index contributed by atoms with van der Waals surface area (Å²) < 4.78 is 13.7. The van der Waals surface area contributed by atoms with E-state index in [1.54, 1.807) is 6.92 Å². The fraction of sp³-hybridized carbons (Fsp3) is 0.273. The van der Waals surface area contributed by atoms with E-state index in [1.807, 2.05) is 13.0 Å². The van der Waals surface area contributed by atoms with E-state index in [-0.39, 0.29) is 0 Å². The van der Waals surface area contributed by atoms with Gasteiger partial charge in [-0.2, -0.15) is 0 Å². The van der Waals surface area contributed by atoms with Gasteiger partial charge in [-0.25, -0.2) is 4.39 Å². The van der Waals surface area contributed by atoms with E-state index in [0.717, 1.165) is 29.8 Å². The van der Waals surface area contributed by atoms with E-state index >= 15 is 0 Å². The normalized spacial score (nSPS) is 12.8. The maximum Gasteiger partial charge on any atom is 0.126 e. The third-order valence-electron chi connectivity index (χ3n) is 3.60. The topological polar surface area (TPSA) is 12.0 Å². The highest BCUT2D eigenvalue weighted by Crippen LogP contribution is 2.21. The summed E-state index contributed by atoms with van der Waals surface area (Å²) in [5.41, 5.74) is 4.84. The summed E-state index contributed by atoms with van der Waals surface area (Å²) in [5, 5.41) is 3.26. The first kappa shape index (κ1) is 19.5. The van der Waals surface area contributed by atoms with Crippen LogP contribution < -0.4 is 5.32 Å². The van der Waals surface area contributed by atoms with E-state index in [9.17, 15) is 4.39 Å². The van der Waals surface area contributed by atoms with Crippen LogP contribution in [0.15, 0.2) is 59.6 Å². The zero-order valence-corrected chi connectivity index (χ0v) is 15.0. The van der Waals surface area contributed by atoms with Gasteiger partial charge in [0, 0.05) is 17.0 Å². The van der Waals surface area contributed by atoms with Gasteiger partial charge in [0.25, 0.3) is 0 Å². The summed E-state index contributed by atoms with van der Waals surface area (Å²) in [5.74, 6) is 2.12. The van der Waals surface area contributed by atoms with Crippen molar-refractivity contribution >= 4 is 11.8 Å². The molecule has 126 valence electrons. The number of anilines is 1. The molecule has 24 heavy (non-hydrogen) atoms. The summed E-state index contributed by atoms with van der Waals surface area (Å²) in [6.07, 6.45) is 13.3. The minimum atomic E-state index is -0.406. The summed E-state index contributed by atoms with van der Waals surface area (Å²) in [6.45, 7) is 11.3. The van der Waals surface area contributed by atoms with Crippen molar-refractivity contribution in [2.45, 2.75) is 40.5 Å². The molecule has 0 fully saturated rings. The number of hydrogen-bond acceptors (Lipinski definition) is 1. The second-order valence-electron chi connectivity index (χ2n) is 5.84. The number of benzene rings is 1. The Morgan fingerprint density at radius 1 is 1.38 bits per heavy atom. The van der Waals surface area contributed by atoms with Crippen molar-refractivity contribution < 1.29 is 4.39 Å². The monoisotopic (exact) mass is 323 g/mol. The van der Waals surface area contributed by atoms with Crippen molar-refractivity contribution in [1.82, 2.24) is 0 Å². The van der Waals surface area contributed by atoms with Crippen molar-refractivity contribution in [3.05, 3.63) is 70.7 Å². The molecule has 0 aromatic heterocycles. The predicted molar refractivity (Wildman–Crippen MR) is 104 cm³/mol. The molecule has 1 aromatic rings. The number of halogens is 1. The van der Waals surface area contributed by atoms with E-state index in [1.165, 1.54) is 11.6 Å². The van der Waals surface area contributed by atoms with Crippen molar-refractivity contribution in [3.8, 4) is 12.3 Å². The van der Waals surface area contributed by atoms with Crippen LogP contribution in [-0.4, -0.2) is 0 Å². The fourth-order valence-corrected chi connectivity index (χ4v) is 2.07. The van der Waals surface area contributed by atoms with E-state index in [2.05, 4.69) is 55.9 Å². The van der Waals surface area contributed by atoms with Crippen LogP contribution in [0.4, 0.5) is 10.1 Å². The largest absolute Gasteiger partial charge is 0.358 e. The Hall–Kier alpha value is -2.53. The van der Waals surface area contributed by atoms with Crippen LogP contribution in [0.3, 0.4) is 0 Å². The van der Waals surface area contributed by atoms with Crippen LogP contribution in [0.1, 0.15) is 44.7 Å². The first-order chi connectivity index (χ1) is 11.4. The van der Waals surface area contributed by atoms with Crippen LogP contribution in [-0.2, 0) is 0 Å². The smallest absolute Gasteiger partial charge is 0.126 e. The quantitative estimate of drug-likeness (QED) is 0.443. The molecular weight excluding hydrogens is 297 g/mol. The Labute approximate surface area is 145 Å². The Morgan fingerprint density at radius 3 is 2.67 bits per heavy atom. The third-order valence-corrected chi connectivity index (χ3v) is 3.60. The number of rotatable bonds is 7. The van der Waals surface area contributed by atoms with Crippen molar-refractivity contribution in [2.75, 3.05) is 5.32 Å². The van der Waals surface area contributed by atoms with Crippen LogP contribution in [0, 0.1) is 19.3 Å². The zero-order valence-electron chi connectivity index (χ0n) is 15.0. The number of allylic oxidation sites excluding steroid dienone is 6. The Bertz CT molecular complexity index is 727. The van der Waals surface area contributed by atoms with Crippen LogP contribution >= 0.6 is 0 Å². The highest BCUT2D eigenvalue weighted by molar-refractivity contribution is 5.63. The second-order valence-corrected chi connectivity index (χ2v) is 5.84. The Morgan fingerprint density at radius 2 is 2.08 bits per heavy atom. The van der Waals surface area contributed by atoms with Gasteiger partial charge in [0.05, 0.1) is 0 Å². The van der Waals surface area contributed by atoms with Crippen LogP contribution in [0.5, 0.6) is 0 Å². The SMILES string of the molecule is C#CC(/C=C(/F)C(=C)C)=C(/C)Nc1ccc(C)c(/C=C\CCC)c1. The molecular formula is C22H26FN. The molecule has 0 aliphatic carbocycles. The molecule has 0 radical (unpaired) electrons. The van der Waals surface area contributed by atoms with Crippen molar-refractivity contribution in [1.29, 1.82) is 0 Å². The minimum absolute atomic E-state index is 0.356. The molecule has 0 bridgehead atoms. The first-order valence-corrected chi connectivity index (χ1v) is 8.13. The molecule has 1 nitrogen and oxygen atoms in total. The zero-order chi connectivity index (χ0) is 18.1. The number of nitrogens with one attached hydrogen (secondary N) is 1. The van der Waals surface area contributed by atoms with Gasteiger partial charge < -0.3 is 5.32 Å². The maximum absolute atomic E-state index is 13.7. The molecule has 1 rings (SSSR count). The average Bonchev–Trinajstić information content (AvgIpc) is 2.55. The van der Waals surface area contributed by atoms with E-state index < -0.39 is 5.83 Å². The van der Waals surface area contributed by atoms with Gasteiger partial charge in [-0.15, -0.1) is 6.42 Å². The van der Waals surface area contributed by atoms with Gasteiger partial charge in [-0.05, 0) is 62.1 Å². The maximum atomic E-state index is 13.7. The first-order valence-electron chi connectivity index (χ1n) is 8.13. The lowest BCUT2D eigenvalue weighted by atomic mass is 10.1. The van der Waals surface area contributed by atoms with Gasteiger partial charge in [-0.1, -0.05) is 44.1 Å². The molecule has 0 saturated carbocycles. The van der Waals surface area contributed by atoms with Gasteiger partial charge in [0.1, 0.15) is 5.83 Å². The van der Waals surface area contributed by atoms with Crippen molar-refractivity contribution in [3.63, 3.8) is 0 Å². The van der Waals surface area contributed by atoms with Crippen molar-refractivity contribution in [2.24, 2.45) is 0 Å². The molecule has 0 spiro atoms. The molecule has 0 heterocycles. The van der Waals surface area contributed by atoms with E-state index in [4.69, 9.17) is 6.42 Å². The van der Waals surface area contributed by atoms with Crippen LogP contribution in [0.25, 0.3) is 6.08 Å². The minimum Gasteiger partial charge on any atom is -0.358 e. The van der Waals surface area contributed by atoms with Crippen LogP contribution in [0.2, 0.25) is 0 Å². The lowest BCUT2D eigenvalue weighted by molar-refractivity contribution is 0.652. The molecule has 2 heteroatoms. The molecule has 1 aromatic carbocycles. The summed E-state index contributed by atoms with van der Waals surface area (Å²) in [7, 11) is 0. The van der Waals surface area contributed by atoms with Gasteiger partial charge >= 0.3 is 0 Å². The molecule has 0 amide bonds. The second kappa shape index (κ2) is 9.57. The fourth-order valence-electron chi connectivity index (χ4n) is 2.07. The highest BCUT2D eigenvalue weighted by Gasteiger charge is 2.03. The van der Waals surface area contributed by atoms with Gasteiger partial charge in [0.15, 0.2) is 0 Å².